The summed E-state index contributed by atoms with van der Waals surface area (Å²) in [6.07, 6.45) is 1.81. The molecule has 4 rings (SSSR count). The average molecular weight is 394 g/mol. The molecule has 0 unspecified atom stereocenters. The van der Waals surface area contributed by atoms with Crippen LogP contribution >= 0.6 is 0 Å². The molecular weight excluding hydrogens is 375 g/mol. The highest BCUT2D eigenvalue weighted by Gasteiger charge is 2.14. The minimum absolute atomic E-state index is 0.211. The minimum Gasteiger partial charge on any atom is -0.486 e. The first-order valence-corrected chi connectivity index (χ1v) is 9.19. The lowest BCUT2D eigenvalue weighted by atomic mass is 10.1. The van der Waals surface area contributed by atoms with Crippen LogP contribution < -0.4 is 20.1 Å². The first-order valence-electron chi connectivity index (χ1n) is 9.19. The third-order valence-electron chi connectivity index (χ3n) is 4.36. The maximum atomic E-state index is 13.7. The van der Waals surface area contributed by atoms with E-state index in [1.807, 2.05) is 0 Å². The summed E-state index contributed by atoms with van der Waals surface area (Å²) in [6.45, 7) is 1.45. The van der Waals surface area contributed by atoms with Crippen LogP contribution in [0.1, 0.15) is 16.1 Å². The lowest BCUT2D eigenvalue weighted by molar-refractivity contribution is 0.102. The van der Waals surface area contributed by atoms with Gasteiger partial charge in [0.25, 0.3) is 5.91 Å². The predicted octanol–water partition coefficient (Wildman–Crippen LogP) is 3.29. The molecule has 1 aliphatic heterocycles. The summed E-state index contributed by atoms with van der Waals surface area (Å²) >= 11 is 0. The predicted molar refractivity (Wildman–Crippen MR) is 106 cm³/mol. The maximum Gasteiger partial charge on any atom is 0.274 e. The SMILES string of the molecule is O=C(Nc1ccc2c(c1)OCCO2)c1cc(NCCc2ccccc2F)ncn1. The smallest absolute Gasteiger partial charge is 0.274 e. The number of nitrogens with zero attached hydrogens (tertiary/aromatic N) is 2. The monoisotopic (exact) mass is 394 g/mol. The van der Waals surface area contributed by atoms with Crippen molar-refractivity contribution < 1.29 is 18.7 Å². The summed E-state index contributed by atoms with van der Waals surface area (Å²) in [5.74, 6) is 1.12. The van der Waals surface area contributed by atoms with Gasteiger partial charge in [0, 0.05) is 24.4 Å². The van der Waals surface area contributed by atoms with Gasteiger partial charge in [-0.05, 0) is 30.2 Å². The van der Waals surface area contributed by atoms with Gasteiger partial charge in [-0.2, -0.15) is 0 Å². The van der Waals surface area contributed by atoms with Crippen molar-refractivity contribution in [2.75, 3.05) is 30.4 Å². The highest BCUT2D eigenvalue weighted by atomic mass is 19.1. The molecule has 148 valence electrons. The van der Waals surface area contributed by atoms with Gasteiger partial charge in [0.1, 0.15) is 36.9 Å². The third kappa shape index (κ3) is 4.60. The van der Waals surface area contributed by atoms with E-state index in [4.69, 9.17) is 9.47 Å². The van der Waals surface area contributed by atoms with E-state index in [0.717, 1.165) is 0 Å². The van der Waals surface area contributed by atoms with Crippen LogP contribution in [0.5, 0.6) is 11.5 Å². The molecule has 0 atom stereocenters. The van der Waals surface area contributed by atoms with Crippen molar-refractivity contribution in [1.29, 1.82) is 0 Å². The first-order chi connectivity index (χ1) is 14.2. The summed E-state index contributed by atoms with van der Waals surface area (Å²) < 4.78 is 24.7. The fourth-order valence-electron chi connectivity index (χ4n) is 2.92. The number of hydrogen-bond donors (Lipinski definition) is 2. The molecule has 0 radical (unpaired) electrons. The summed E-state index contributed by atoms with van der Waals surface area (Å²) in [7, 11) is 0. The number of rotatable bonds is 6. The molecule has 2 N–H and O–H groups in total. The molecule has 3 aromatic rings. The van der Waals surface area contributed by atoms with Gasteiger partial charge in [-0.15, -0.1) is 0 Å². The number of carbonyl (C=O) groups is 1. The standard InChI is InChI=1S/C21H19FN4O3/c22-16-4-2-1-3-14(16)7-8-23-20-12-17(24-13-25-20)21(27)26-15-5-6-18-19(11-15)29-10-9-28-18/h1-6,11-13H,7-10H2,(H,26,27)(H,23,24,25). The van der Waals surface area contributed by atoms with Gasteiger partial charge in [0.05, 0.1) is 0 Å². The Balaban J connectivity index is 1.37. The number of ether oxygens (including phenoxy) is 2. The third-order valence-corrected chi connectivity index (χ3v) is 4.36. The second-order valence-corrected chi connectivity index (χ2v) is 6.37. The van der Waals surface area contributed by atoms with Crippen LogP contribution in [-0.2, 0) is 6.42 Å². The molecule has 8 heteroatoms. The van der Waals surface area contributed by atoms with E-state index >= 15 is 0 Å². The van der Waals surface area contributed by atoms with E-state index < -0.39 is 0 Å². The summed E-state index contributed by atoms with van der Waals surface area (Å²) in [6, 6.07) is 13.4. The zero-order valence-electron chi connectivity index (χ0n) is 15.5. The lowest BCUT2D eigenvalue weighted by Gasteiger charge is -2.19. The zero-order valence-corrected chi connectivity index (χ0v) is 15.5. The van der Waals surface area contributed by atoms with Crippen LogP contribution in [0.25, 0.3) is 0 Å². The fourth-order valence-corrected chi connectivity index (χ4v) is 2.92. The van der Waals surface area contributed by atoms with Crippen molar-refractivity contribution in [3.05, 3.63) is 71.9 Å². The second kappa shape index (κ2) is 8.55. The van der Waals surface area contributed by atoms with Crippen LogP contribution in [0.3, 0.4) is 0 Å². The quantitative estimate of drug-likeness (QED) is 0.667. The Hall–Kier alpha value is -3.68. The lowest BCUT2D eigenvalue weighted by Crippen LogP contribution is -2.17. The zero-order chi connectivity index (χ0) is 20.1. The topological polar surface area (TPSA) is 85.4 Å². The molecular formula is C21H19FN4O3. The van der Waals surface area contributed by atoms with E-state index in [0.29, 0.717) is 54.7 Å². The number of amides is 1. The number of carbonyl (C=O) groups excluding carboxylic acids is 1. The molecule has 7 nitrogen and oxygen atoms in total. The van der Waals surface area contributed by atoms with E-state index in [2.05, 4.69) is 20.6 Å². The molecule has 1 aromatic heterocycles. The fraction of sp³-hybridized carbons (Fsp3) is 0.190. The van der Waals surface area contributed by atoms with Crippen LogP contribution in [-0.4, -0.2) is 35.6 Å². The van der Waals surface area contributed by atoms with E-state index in [1.54, 1.807) is 42.5 Å². The van der Waals surface area contributed by atoms with Crippen LogP contribution in [0, 0.1) is 5.82 Å². The Morgan fingerprint density at radius 2 is 1.86 bits per heavy atom. The molecule has 0 bridgehead atoms. The Kier molecular flexibility index (Phi) is 5.51. The Morgan fingerprint density at radius 1 is 1.03 bits per heavy atom. The minimum atomic E-state index is -0.374. The molecule has 0 fully saturated rings. The number of benzene rings is 2. The molecule has 0 spiro atoms. The maximum absolute atomic E-state index is 13.7. The number of hydrogen-bond acceptors (Lipinski definition) is 6. The highest BCUT2D eigenvalue weighted by molar-refractivity contribution is 6.03. The number of anilines is 2. The van der Waals surface area contributed by atoms with Crippen molar-refractivity contribution in [2.45, 2.75) is 6.42 Å². The van der Waals surface area contributed by atoms with Gasteiger partial charge in [-0.25, -0.2) is 14.4 Å². The van der Waals surface area contributed by atoms with Gasteiger partial charge in [0.15, 0.2) is 11.5 Å². The largest absolute Gasteiger partial charge is 0.486 e. The molecule has 2 aromatic carbocycles. The molecule has 0 saturated heterocycles. The number of nitrogens with one attached hydrogen (secondary N) is 2. The van der Waals surface area contributed by atoms with E-state index in [9.17, 15) is 9.18 Å². The van der Waals surface area contributed by atoms with Gasteiger partial charge < -0.3 is 20.1 Å². The van der Waals surface area contributed by atoms with Crippen molar-refractivity contribution in [3.8, 4) is 11.5 Å². The molecule has 1 aliphatic rings. The summed E-state index contributed by atoms with van der Waals surface area (Å²) in [5.41, 5.74) is 1.40. The van der Waals surface area contributed by atoms with Crippen molar-refractivity contribution in [1.82, 2.24) is 9.97 Å². The van der Waals surface area contributed by atoms with Crippen LogP contribution in [0.4, 0.5) is 15.9 Å². The normalized spacial score (nSPS) is 12.3. The molecule has 0 aliphatic carbocycles. The Bertz CT molecular complexity index is 1030. The summed E-state index contributed by atoms with van der Waals surface area (Å²) in [5, 5.41) is 5.87. The number of aromatic nitrogens is 2. The van der Waals surface area contributed by atoms with Gasteiger partial charge in [-0.3, -0.25) is 4.79 Å². The van der Waals surface area contributed by atoms with Gasteiger partial charge in [0.2, 0.25) is 0 Å². The second-order valence-electron chi connectivity index (χ2n) is 6.37. The van der Waals surface area contributed by atoms with E-state index in [1.165, 1.54) is 12.4 Å². The van der Waals surface area contributed by atoms with Gasteiger partial charge >= 0.3 is 0 Å². The van der Waals surface area contributed by atoms with Gasteiger partial charge in [-0.1, -0.05) is 18.2 Å². The van der Waals surface area contributed by atoms with Crippen LogP contribution in [0.15, 0.2) is 54.9 Å². The van der Waals surface area contributed by atoms with Crippen molar-refractivity contribution in [3.63, 3.8) is 0 Å². The average Bonchev–Trinajstić information content (AvgIpc) is 2.75. The molecule has 2 heterocycles. The Morgan fingerprint density at radius 3 is 2.72 bits per heavy atom. The Labute approximate surface area is 166 Å². The number of fused-ring (bicyclic) bond motifs is 1. The summed E-state index contributed by atoms with van der Waals surface area (Å²) in [4.78, 5) is 20.7. The highest BCUT2D eigenvalue weighted by Crippen LogP contribution is 2.32. The van der Waals surface area contributed by atoms with Crippen molar-refractivity contribution >= 4 is 17.4 Å². The van der Waals surface area contributed by atoms with Crippen molar-refractivity contribution in [2.24, 2.45) is 0 Å². The number of halogens is 1. The molecule has 1 amide bonds. The van der Waals surface area contributed by atoms with Crippen LogP contribution in [0.2, 0.25) is 0 Å². The first kappa shape index (κ1) is 18.7. The molecule has 29 heavy (non-hydrogen) atoms. The van der Waals surface area contributed by atoms with E-state index in [-0.39, 0.29) is 17.4 Å². The molecule has 0 saturated carbocycles.